The lowest BCUT2D eigenvalue weighted by molar-refractivity contribution is -0.137. The quantitative estimate of drug-likeness (QED) is 0.781. The highest BCUT2D eigenvalue weighted by Crippen LogP contribution is 2.19. The molecule has 19 heavy (non-hydrogen) atoms. The van der Waals surface area contributed by atoms with Crippen LogP contribution < -0.4 is 5.73 Å². The molecule has 1 heterocycles. The SMILES string of the molecule is CC[C@H]1CCCCN1C(=O)CN(CC(N)=O)C(C)C. The van der Waals surface area contributed by atoms with Crippen LogP contribution in [0.1, 0.15) is 46.5 Å². The largest absolute Gasteiger partial charge is 0.369 e. The molecule has 1 aliphatic heterocycles. The molecule has 0 aromatic carbocycles. The van der Waals surface area contributed by atoms with Gasteiger partial charge in [-0.15, -0.1) is 0 Å². The first kappa shape index (κ1) is 16.0. The Bertz CT molecular complexity index is 318. The summed E-state index contributed by atoms with van der Waals surface area (Å²) in [6.45, 7) is 7.36. The lowest BCUT2D eigenvalue weighted by Gasteiger charge is -2.37. The van der Waals surface area contributed by atoms with Gasteiger partial charge in [-0.2, -0.15) is 0 Å². The maximum Gasteiger partial charge on any atom is 0.237 e. The van der Waals surface area contributed by atoms with Crippen LogP contribution in [0.2, 0.25) is 0 Å². The zero-order valence-corrected chi connectivity index (χ0v) is 12.4. The highest BCUT2D eigenvalue weighted by Gasteiger charge is 2.27. The van der Waals surface area contributed by atoms with Gasteiger partial charge in [0.1, 0.15) is 0 Å². The van der Waals surface area contributed by atoms with E-state index in [2.05, 4.69) is 6.92 Å². The molecule has 110 valence electrons. The van der Waals surface area contributed by atoms with Crippen LogP contribution >= 0.6 is 0 Å². The Labute approximate surface area is 116 Å². The second-order valence-corrected chi connectivity index (χ2v) is 5.61. The van der Waals surface area contributed by atoms with Gasteiger partial charge in [0.05, 0.1) is 13.1 Å². The molecule has 0 aliphatic carbocycles. The summed E-state index contributed by atoms with van der Waals surface area (Å²) < 4.78 is 0. The van der Waals surface area contributed by atoms with Crippen LogP contribution in [-0.4, -0.2) is 53.3 Å². The van der Waals surface area contributed by atoms with Gasteiger partial charge in [0.25, 0.3) is 0 Å². The number of hydrogen-bond donors (Lipinski definition) is 1. The fourth-order valence-corrected chi connectivity index (χ4v) is 2.64. The zero-order valence-electron chi connectivity index (χ0n) is 12.4. The van der Waals surface area contributed by atoms with Gasteiger partial charge in [-0.3, -0.25) is 14.5 Å². The van der Waals surface area contributed by atoms with Crippen molar-refractivity contribution in [2.45, 2.75) is 58.5 Å². The van der Waals surface area contributed by atoms with Crippen LogP contribution in [0.4, 0.5) is 0 Å². The maximum atomic E-state index is 12.4. The molecular formula is C14H27N3O2. The summed E-state index contributed by atoms with van der Waals surface area (Å²) >= 11 is 0. The molecule has 0 spiro atoms. The Hall–Kier alpha value is -1.10. The lowest BCUT2D eigenvalue weighted by atomic mass is 10.00. The van der Waals surface area contributed by atoms with Crippen LogP contribution in [0, 0.1) is 0 Å². The Balaban J connectivity index is 2.61. The maximum absolute atomic E-state index is 12.4. The molecule has 1 atom stereocenters. The van der Waals surface area contributed by atoms with E-state index in [-0.39, 0.29) is 30.9 Å². The highest BCUT2D eigenvalue weighted by molar-refractivity contribution is 5.80. The fraction of sp³-hybridized carbons (Fsp3) is 0.857. The van der Waals surface area contributed by atoms with Crippen molar-refractivity contribution in [3.05, 3.63) is 0 Å². The first-order valence-electron chi connectivity index (χ1n) is 7.27. The minimum absolute atomic E-state index is 0.126. The lowest BCUT2D eigenvalue weighted by Crippen LogP contribution is -2.50. The summed E-state index contributed by atoms with van der Waals surface area (Å²) in [5.74, 6) is -0.256. The highest BCUT2D eigenvalue weighted by atomic mass is 16.2. The zero-order chi connectivity index (χ0) is 14.4. The van der Waals surface area contributed by atoms with E-state index in [0.29, 0.717) is 6.04 Å². The molecule has 5 nitrogen and oxygen atoms in total. The Morgan fingerprint density at radius 2 is 2.00 bits per heavy atom. The van der Waals surface area contributed by atoms with Gasteiger partial charge < -0.3 is 10.6 Å². The fourth-order valence-electron chi connectivity index (χ4n) is 2.64. The molecule has 0 unspecified atom stereocenters. The molecule has 5 heteroatoms. The van der Waals surface area contributed by atoms with Crippen molar-refractivity contribution in [1.82, 2.24) is 9.80 Å². The van der Waals surface area contributed by atoms with Crippen molar-refractivity contribution in [1.29, 1.82) is 0 Å². The smallest absolute Gasteiger partial charge is 0.237 e. The van der Waals surface area contributed by atoms with Gasteiger partial charge in [0, 0.05) is 18.6 Å². The summed E-state index contributed by atoms with van der Waals surface area (Å²) in [5, 5.41) is 0. The third-order valence-corrected chi connectivity index (χ3v) is 3.85. The first-order chi connectivity index (χ1) is 8.95. The first-order valence-corrected chi connectivity index (χ1v) is 7.27. The number of nitrogens with two attached hydrogens (primary N) is 1. The average molecular weight is 269 g/mol. The average Bonchev–Trinajstić information content (AvgIpc) is 2.37. The van der Waals surface area contributed by atoms with Crippen molar-refractivity contribution in [2.75, 3.05) is 19.6 Å². The Morgan fingerprint density at radius 1 is 1.32 bits per heavy atom. The van der Waals surface area contributed by atoms with Gasteiger partial charge in [-0.1, -0.05) is 6.92 Å². The predicted molar refractivity (Wildman–Crippen MR) is 75.5 cm³/mol. The molecule has 1 rings (SSSR count). The number of carbonyl (C=O) groups excluding carboxylic acids is 2. The van der Waals surface area contributed by atoms with E-state index < -0.39 is 0 Å². The van der Waals surface area contributed by atoms with E-state index in [4.69, 9.17) is 5.73 Å². The van der Waals surface area contributed by atoms with Crippen molar-refractivity contribution in [3.63, 3.8) is 0 Å². The molecule has 0 aromatic rings. The monoisotopic (exact) mass is 269 g/mol. The van der Waals surface area contributed by atoms with E-state index in [9.17, 15) is 9.59 Å². The third kappa shape index (κ3) is 4.82. The summed E-state index contributed by atoms with van der Waals surface area (Å²) in [6, 6.07) is 0.505. The van der Waals surface area contributed by atoms with Gasteiger partial charge in [-0.05, 0) is 39.5 Å². The molecule has 0 radical (unpaired) electrons. The third-order valence-electron chi connectivity index (χ3n) is 3.85. The number of hydrogen-bond acceptors (Lipinski definition) is 3. The number of amides is 2. The standard InChI is InChI=1S/C14H27N3O2/c1-4-12-7-5-6-8-17(12)14(19)10-16(11(2)3)9-13(15)18/h11-12H,4-10H2,1-3H3,(H2,15,18)/t12-/m0/s1. The molecule has 2 N–H and O–H groups in total. The van der Waals surface area contributed by atoms with Crippen molar-refractivity contribution >= 4 is 11.8 Å². The van der Waals surface area contributed by atoms with Gasteiger partial charge in [0.15, 0.2) is 0 Å². The van der Waals surface area contributed by atoms with Crippen LogP contribution in [0.3, 0.4) is 0 Å². The van der Waals surface area contributed by atoms with Crippen LogP contribution in [-0.2, 0) is 9.59 Å². The van der Waals surface area contributed by atoms with E-state index in [1.807, 2.05) is 23.6 Å². The molecule has 2 amide bonds. The minimum Gasteiger partial charge on any atom is -0.369 e. The van der Waals surface area contributed by atoms with E-state index in [0.717, 1.165) is 25.8 Å². The normalized spacial score (nSPS) is 20.1. The van der Waals surface area contributed by atoms with Crippen LogP contribution in [0.15, 0.2) is 0 Å². The Morgan fingerprint density at radius 3 is 2.53 bits per heavy atom. The van der Waals surface area contributed by atoms with E-state index >= 15 is 0 Å². The summed E-state index contributed by atoms with van der Waals surface area (Å²) in [7, 11) is 0. The van der Waals surface area contributed by atoms with E-state index in [1.165, 1.54) is 6.42 Å². The second-order valence-electron chi connectivity index (χ2n) is 5.61. The van der Waals surface area contributed by atoms with Gasteiger partial charge in [0.2, 0.25) is 11.8 Å². The number of piperidine rings is 1. The minimum atomic E-state index is -0.382. The molecular weight excluding hydrogens is 242 g/mol. The molecule has 1 aliphatic rings. The van der Waals surface area contributed by atoms with Crippen LogP contribution in [0.25, 0.3) is 0 Å². The molecule has 1 fully saturated rings. The number of likely N-dealkylation sites (tertiary alicyclic amines) is 1. The molecule has 1 saturated heterocycles. The second kappa shape index (κ2) is 7.48. The number of primary amides is 1. The van der Waals surface area contributed by atoms with Crippen LogP contribution in [0.5, 0.6) is 0 Å². The van der Waals surface area contributed by atoms with Crippen molar-refractivity contribution in [2.24, 2.45) is 5.73 Å². The van der Waals surface area contributed by atoms with Gasteiger partial charge >= 0.3 is 0 Å². The van der Waals surface area contributed by atoms with Crippen molar-refractivity contribution in [3.8, 4) is 0 Å². The summed E-state index contributed by atoms with van der Waals surface area (Å²) in [5.41, 5.74) is 5.23. The van der Waals surface area contributed by atoms with E-state index in [1.54, 1.807) is 0 Å². The molecule has 0 saturated carbocycles. The molecule has 0 bridgehead atoms. The summed E-state index contributed by atoms with van der Waals surface area (Å²) in [6.07, 6.45) is 4.39. The topological polar surface area (TPSA) is 66.6 Å². The molecule has 0 aromatic heterocycles. The van der Waals surface area contributed by atoms with Crippen molar-refractivity contribution < 1.29 is 9.59 Å². The number of carbonyl (C=O) groups is 2. The number of rotatable bonds is 6. The number of nitrogens with zero attached hydrogens (tertiary/aromatic N) is 2. The van der Waals surface area contributed by atoms with Gasteiger partial charge in [-0.25, -0.2) is 0 Å². The predicted octanol–water partition coefficient (Wildman–Crippen LogP) is 0.973. The summed E-state index contributed by atoms with van der Waals surface area (Å²) in [4.78, 5) is 27.3. The Kier molecular flexibility index (Phi) is 6.28.